The Bertz CT molecular complexity index is 862. The van der Waals surface area contributed by atoms with Crippen LogP contribution in [0.2, 0.25) is 0 Å². The molecule has 0 aromatic heterocycles. The molecule has 0 aliphatic rings. The lowest BCUT2D eigenvalue weighted by molar-refractivity contribution is -0.384. The predicted molar refractivity (Wildman–Crippen MR) is 88.2 cm³/mol. The summed E-state index contributed by atoms with van der Waals surface area (Å²) in [5.41, 5.74) is 0.164. The van der Waals surface area contributed by atoms with Crippen LogP contribution in [0, 0.1) is 17.0 Å². The molecule has 8 nitrogen and oxygen atoms in total. The van der Waals surface area contributed by atoms with Crippen LogP contribution in [0.1, 0.15) is 5.56 Å². The fourth-order valence-corrected chi connectivity index (χ4v) is 3.16. The van der Waals surface area contributed by atoms with Crippen molar-refractivity contribution in [2.24, 2.45) is 0 Å². The van der Waals surface area contributed by atoms with Crippen LogP contribution in [0.3, 0.4) is 0 Å². The molecule has 2 aromatic carbocycles. The number of nitrogens with one attached hydrogen (secondary N) is 1. The summed E-state index contributed by atoms with van der Waals surface area (Å²) >= 11 is 0. The van der Waals surface area contributed by atoms with E-state index in [1.807, 2.05) is 6.92 Å². The van der Waals surface area contributed by atoms with Crippen molar-refractivity contribution in [1.29, 1.82) is 0 Å². The van der Waals surface area contributed by atoms with Crippen molar-refractivity contribution >= 4 is 21.4 Å². The molecule has 0 heterocycles. The molecule has 0 aliphatic heterocycles. The average Bonchev–Trinajstić information content (AvgIpc) is 2.54. The zero-order valence-electron chi connectivity index (χ0n) is 13.3. The summed E-state index contributed by atoms with van der Waals surface area (Å²) in [6.07, 6.45) is 0. The van der Waals surface area contributed by atoms with Crippen LogP contribution in [0.25, 0.3) is 0 Å². The number of nitro groups is 1. The molecular weight excluding hydrogens is 336 g/mol. The van der Waals surface area contributed by atoms with E-state index in [9.17, 15) is 18.5 Å². The van der Waals surface area contributed by atoms with E-state index in [1.54, 1.807) is 12.1 Å². The molecule has 0 unspecified atom stereocenters. The molecule has 0 atom stereocenters. The van der Waals surface area contributed by atoms with E-state index in [0.29, 0.717) is 0 Å². The quantitative estimate of drug-likeness (QED) is 0.632. The van der Waals surface area contributed by atoms with E-state index in [2.05, 4.69) is 4.72 Å². The van der Waals surface area contributed by atoms with Crippen LogP contribution in [-0.2, 0) is 10.0 Å². The number of ether oxygens (including phenoxy) is 2. The molecule has 0 fully saturated rings. The van der Waals surface area contributed by atoms with E-state index in [4.69, 9.17) is 9.47 Å². The highest BCUT2D eigenvalue weighted by Crippen LogP contribution is 2.42. The van der Waals surface area contributed by atoms with Gasteiger partial charge in [0.1, 0.15) is 5.69 Å². The number of nitro benzene ring substituents is 1. The molecule has 2 rings (SSSR count). The van der Waals surface area contributed by atoms with Gasteiger partial charge in [0.05, 0.1) is 24.0 Å². The molecule has 0 radical (unpaired) electrons. The number of benzene rings is 2. The molecule has 24 heavy (non-hydrogen) atoms. The van der Waals surface area contributed by atoms with Crippen LogP contribution in [0.15, 0.2) is 41.3 Å². The van der Waals surface area contributed by atoms with Crippen molar-refractivity contribution in [2.45, 2.75) is 11.8 Å². The molecule has 2 aromatic rings. The van der Waals surface area contributed by atoms with Crippen molar-refractivity contribution in [3.63, 3.8) is 0 Å². The van der Waals surface area contributed by atoms with E-state index < -0.39 is 20.6 Å². The summed E-state index contributed by atoms with van der Waals surface area (Å²) in [6.45, 7) is 1.82. The third-order valence-electron chi connectivity index (χ3n) is 3.28. The van der Waals surface area contributed by atoms with E-state index in [1.165, 1.54) is 38.5 Å². The van der Waals surface area contributed by atoms with Gasteiger partial charge < -0.3 is 9.47 Å². The Morgan fingerprint density at radius 1 is 1.04 bits per heavy atom. The van der Waals surface area contributed by atoms with Crippen molar-refractivity contribution in [2.75, 3.05) is 18.9 Å². The standard InChI is InChI=1S/C15H16N2O6S/c1-10-4-6-11(7-5-10)24(20,21)16-12-8-9-13(22-2)15(23-3)14(12)17(18)19/h4-9,16H,1-3H3. The number of methoxy groups -OCH3 is 2. The first-order valence-electron chi connectivity index (χ1n) is 6.79. The number of sulfonamides is 1. The molecule has 0 amide bonds. The molecule has 0 bridgehead atoms. The van der Waals surface area contributed by atoms with Crippen molar-refractivity contribution in [1.82, 2.24) is 0 Å². The number of nitrogens with zero attached hydrogens (tertiary/aromatic N) is 1. The largest absolute Gasteiger partial charge is 0.493 e. The zero-order chi connectivity index (χ0) is 17.9. The Balaban J connectivity index is 2.53. The fraction of sp³-hybridized carbons (Fsp3) is 0.200. The zero-order valence-corrected chi connectivity index (χ0v) is 14.1. The number of aryl methyl sites for hydroxylation is 1. The number of anilines is 1. The number of rotatable bonds is 6. The Morgan fingerprint density at radius 3 is 2.17 bits per heavy atom. The van der Waals surface area contributed by atoms with Crippen LogP contribution < -0.4 is 14.2 Å². The van der Waals surface area contributed by atoms with Gasteiger partial charge in [0.25, 0.3) is 10.0 Å². The number of hydrogen-bond acceptors (Lipinski definition) is 6. The Morgan fingerprint density at radius 2 is 1.67 bits per heavy atom. The van der Waals surface area contributed by atoms with Gasteiger partial charge >= 0.3 is 5.69 Å². The highest BCUT2D eigenvalue weighted by atomic mass is 32.2. The van der Waals surface area contributed by atoms with E-state index in [-0.39, 0.29) is 22.1 Å². The first-order valence-corrected chi connectivity index (χ1v) is 8.27. The lowest BCUT2D eigenvalue weighted by atomic mass is 10.2. The Labute approximate surface area is 139 Å². The maximum atomic E-state index is 12.4. The minimum atomic E-state index is -3.98. The molecule has 1 N–H and O–H groups in total. The van der Waals surface area contributed by atoms with E-state index in [0.717, 1.165) is 5.56 Å². The summed E-state index contributed by atoms with van der Waals surface area (Å²) in [7, 11) is -1.41. The Hall–Kier alpha value is -2.81. The molecule has 0 saturated heterocycles. The Kier molecular flexibility index (Phi) is 4.93. The van der Waals surface area contributed by atoms with Gasteiger partial charge in [-0.2, -0.15) is 0 Å². The number of hydrogen-bond donors (Lipinski definition) is 1. The van der Waals surface area contributed by atoms with Gasteiger partial charge in [0, 0.05) is 0 Å². The lowest BCUT2D eigenvalue weighted by Gasteiger charge is -2.13. The van der Waals surface area contributed by atoms with Crippen LogP contribution >= 0.6 is 0 Å². The first kappa shape index (κ1) is 17.5. The van der Waals surface area contributed by atoms with Crippen LogP contribution in [0.5, 0.6) is 11.5 Å². The maximum Gasteiger partial charge on any atom is 0.338 e. The van der Waals surface area contributed by atoms with Crippen molar-refractivity contribution < 1.29 is 22.8 Å². The van der Waals surface area contributed by atoms with Crippen LogP contribution in [0.4, 0.5) is 11.4 Å². The van der Waals surface area contributed by atoms with Gasteiger partial charge in [0.2, 0.25) is 5.75 Å². The second kappa shape index (κ2) is 6.75. The molecule has 128 valence electrons. The first-order chi connectivity index (χ1) is 11.3. The predicted octanol–water partition coefficient (Wildman–Crippen LogP) is 2.72. The van der Waals surface area contributed by atoms with Gasteiger partial charge in [-0.05, 0) is 31.2 Å². The minimum Gasteiger partial charge on any atom is -0.493 e. The third kappa shape index (κ3) is 3.40. The molecule has 9 heteroatoms. The SMILES string of the molecule is COc1ccc(NS(=O)(=O)c2ccc(C)cc2)c([N+](=O)[O-])c1OC. The minimum absolute atomic E-state index is 0.00261. The summed E-state index contributed by atoms with van der Waals surface area (Å²) in [5, 5.41) is 11.4. The molecule has 0 aliphatic carbocycles. The second-order valence-corrected chi connectivity index (χ2v) is 6.56. The van der Waals surface area contributed by atoms with Crippen molar-refractivity contribution in [3.8, 4) is 11.5 Å². The highest BCUT2D eigenvalue weighted by molar-refractivity contribution is 7.92. The van der Waals surface area contributed by atoms with Gasteiger partial charge in [-0.3, -0.25) is 14.8 Å². The van der Waals surface area contributed by atoms with Gasteiger partial charge in [-0.25, -0.2) is 8.42 Å². The lowest BCUT2D eigenvalue weighted by Crippen LogP contribution is -2.14. The third-order valence-corrected chi connectivity index (χ3v) is 4.66. The topological polar surface area (TPSA) is 108 Å². The van der Waals surface area contributed by atoms with Crippen LogP contribution in [-0.4, -0.2) is 27.6 Å². The highest BCUT2D eigenvalue weighted by Gasteiger charge is 2.28. The summed E-state index contributed by atoms with van der Waals surface area (Å²) in [6, 6.07) is 8.76. The summed E-state index contributed by atoms with van der Waals surface area (Å²) in [5.74, 6) is -0.0333. The summed E-state index contributed by atoms with van der Waals surface area (Å²) in [4.78, 5) is 10.6. The van der Waals surface area contributed by atoms with Crippen molar-refractivity contribution in [3.05, 3.63) is 52.1 Å². The van der Waals surface area contributed by atoms with Gasteiger partial charge in [0.15, 0.2) is 5.75 Å². The normalized spacial score (nSPS) is 11.0. The molecule has 0 saturated carbocycles. The van der Waals surface area contributed by atoms with E-state index >= 15 is 0 Å². The molecule has 0 spiro atoms. The average molecular weight is 352 g/mol. The monoisotopic (exact) mass is 352 g/mol. The van der Waals surface area contributed by atoms with Gasteiger partial charge in [-0.15, -0.1) is 0 Å². The van der Waals surface area contributed by atoms with Gasteiger partial charge in [-0.1, -0.05) is 17.7 Å². The fourth-order valence-electron chi connectivity index (χ4n) is 2.10. The summed E-state index contributed by atoms with van der Waals surface area (Å²) < 4.78 is 37.1. The second-order valence-electron chi connectivity index (χ2n) is 4.87. The smallest absolute Gasteiger partial charge is 0.338 e. The molecular formula is C15H16N2O6S. The maximum absolute atomic E-state index is 12.4.